The van der Waals surface area contributed by atoms with Crippen LogP contribution in [0.5, 0.6) is 0 Å². The molecule has 4 aliphatic rings. The van der Waals surface area contributed by atoms with E-state index in [4.69, 9.17) is 16.0 Å². The highest BCUT2D eigenvalue weighted by Crippen LogP contribution is 2.48. The van der Waals surface area contributed by atoms with Crippen molar-refractivity contribution in [3.8, 4) is 0 Å². The van der Waals surface area contributed by atoms with E-state index in [1.54, 1.807) is 0 Å². The lowest BCUT2D eigenvalue weighted by Crippen LogP contribution is -2.48. The lowest BCUT2D eigenvalue weighted by atomic mass is 9.82. The number of hydrogen-bond donors (Lipinski definition) is 1. The average molecular weight is 401 g/mol. The number of carbonyl (C=O) groups is 1. The van der Waals surface area contributed by atoms with Gasteiger partial charge in [0.1, 0.15) is 5.52 Å². The summed E-state index contributed by atoms with van der Waals surface area (Å²) >= 11 is 6.07. The van der Waals surface area contributed by atoms with Crippen LogP contribution in [0.4, 0.5) is 6.01 Å². The van der Waals surface area contributed by atoms with E-state index in [1.165, 1.54) is 12.8 Å². The Kier molecular flexibility index (Phi) is 3.88. The van der Waals surface area contributed by atoms with E-state index in [1.807, 2.05) is 18.2 Å². The molecule has 4 aliphatic heterocycles. The fraction of sp³-hybridized carbons (Fsp3) is 0.619. The van der Waals surface area contributed by atoms with Crippen molar-refractivity contribution in [3.63, 3.8) is 0 Å². The Bertz CT molecular complexity index is 912. The summed E-state index contributed by atoms with van der Waals surface area (Å²) in [6, 6.07) is 7.02. The number of nitrogens with zero attached hydrogens (tertiary/aromatic N) is 3. The van der Waals surface area contributed by atoms with Crippen molar-refractivity contribution in [2.45, 2.75) is 37.8 Å². The first-order valence-electron chi connectivity index (χ1n) is 10.5. The molecular weight excluding hydrogens is 376 g/mol. The smallest absolute Gasteiger partial charge is 0.298 e. The van der Waals surface area contributed by atoms with Gasteiger partial charge in [-0.05, 0) is 55.7 Å². The minimum atomic E-state index is 0.0437. The van der Waals surface area contributed by atoms with Crippen LogP contribution in [0.3, 0.4) is 0 Å². The van der Waals surface area contributed by atoms with E-state index in [0.717, 1.165) is 43.6 Å². The number of benzene rings is 1. The summed E-state index contributed by atoms with van der Waals surface area (Å²) in [5.41, 5.74) is 1.51. The van der Waals surface area contributed by atoms with Gasteiger partial charge < -0.3 is 19.5 Å². The number of fused-ring (bicyclic) bond motifs is 6. The number of halogens is 1. The second-order valence-electron chi connectivity index (χ2n) is 8.84. The molecule has 0 spiro atoms. The van der Waals surface area contributed by atoms with Crippen molar-refractivity contribution in [3.05, 3.63) is 23.2 Å². The number of aromatic nitrogens is 1. The molecular formula is C21H25ClN4O2. The van der Waals surface area contributed by atoms with Crippen molar-refractivity contribution < 1.29 is 9.21 Å². The summed E-state index contributed by atoms with van der Waals surface area (Å²) in [5.74, 6) is 1.75. The molecule has 4 fully saturated rings. The average Bonchev–Trinajstić information content (AvgIpc) is 3.46. The Morgan fingerprint density at radius 3 is 2.75 bits per heavy atom. The zero-order valence-electron chi connectivity index (χ0n) is 15.8. The van der Waals surface area contributed by atoms with Crippen LogP contribution in [-0.2, 0) is 4.79 Å². The van der Waals surface area contributed by atoms with Gasteiger partial charge in [-0.1, -0.05) is 11.6 Å². The highest BCUT2D eigenvalue weighted by Gasteiger charge is 2.56. The summed E-state index contributed by atoms with van der Waals surface area (Å²) in [4.78, 5) is 22.5. The lowest BCUT2D eigenvalue weighted by Gasteiger charge is -2.35. The van der Waals surface area contributed by atoms with Gasteiger partial charge in [0, 0.05) is 43.3 Å². The van der Waals surface area contributed by atoms with Gasteiger partial charge in [0.2, 0.25) is 5.91 Å². The summed E-state index contributed by atoms with van der Waals surface area (Å²) in [5, 5.41) is 4.19. The standard InChI is InChI=1S/C21H25ClN4O2/c22-13-3-6-19-16(8-13)24-21(28-19)25-7-1-2-12(11-25)20(27)26-17-4-5-18(26)15-10-23-9-14(15)17/h3,6,8,12,14-15,17-18,23H,1-2,4-5,7,9-11H2/t12?,14-,15+,17-,18+. The normalized spacial score (nSPS) is 34.4. The molecule has 0 saturated carbocycles. The van der Waals surface area contributed by atoms with E-state index in [-0.39, 0.29) is 5.92 Å². The van der Waals surface area contributed by atoms with Crippen LogP contribution >= 0.6 is 11.6 Å². The Hall–Kier alpha value is -1.79. The highest BCUT2D eigenvalue weighted by atomic mass is 35.5. The number of rotatable bonds is 2. The Morgan fingerprint density at radius 1 is 1.18 bits per heavy atom. The minimum Gasteiger partial charge on any atom is -0.423 e. The topological polar surface area (TPSA) is 61.6 Å². The van der Waals surface area contributed by atoms with Gasteiger partial charge in [0.15, 0.2) is 5.58 Å². The third-order valence-corrected chi connectivity index (χ3v) is 7.64. The van der Waals surface area contributed by atoms with Crippen molar-refractivity contribution in [1.29, 1.82) is 0 Å². The molecule has 2 bridgehead atoms. The predicted octanol–water partition coefficient (Wildman–Crippen LogP) is 2.91. The molecule has 0 radical (unpaired) electrons. The highest BCUT2D eigenvalue weighted by molar-refractivity contribution is 6.31. The number of nitrogens with one attached hydrogen (secondary N) is 1. The summed E-state index contributed by atoms with van der Waals surface area (Å²) in [6.45, 7) is 3.74. The number of amides is 1. The van der Waals surface area contributed by atoms with Gasteiger partial charge >= 0.3 is 0 Å². The Morgan fingerprint density at radius 2 is 1.96 bits per heavy atom. The van der Waals surface area contributed by atoms with E-state index >= 15 is 0 Å². The second-order valence-corrected chi connectivity index (χ2v) is 9.27. The molecule has 6 nitrogen and oxygen atoms in total. The summed E-state index contributed by atoms with van der Waals surface area (Å²) in [6.07, 6.45) is 4.32. The zero-order chi connectivity index (χ0) is 18.8. The maximum absolute atomic E-state index is 13.5. The number of oxazole rings is 1. The van der Waals surface area contributed by atoms with E-state index in [0.29, 0.717) is 47.4 Å². The largest absolute Gasteiger partial charge is 0.423 e. The number of hydrogen-bond acceptors (Lipinski definition) is 5. The molecule has 5 atom stereocenters. The van der Waals surface area contributed by atoms with E-state index in [9.17, 15) is 4.79 Å². The lowest BCUT2D eigenvalue weighted by molar-refractivity contribution is -0.137. The molecule has 1 aromatic carbocycles. The van der Waals surface area contributed by atoms with Gasteiger partial charge in [0.25, 0.3) is 6.01 Å². The fourth-order valence-corrected chi connectivity index (χ4v) is 6.35. The molecule has 7 heteroatoms. The first kappa shape index (κ1) is 17.1. The molecule has 1 amide bonds. The van der Waals surface area contributed by atoms with Gasteiger partial charge in [-0.2, -0.15) is 4.98 Å². The molecule has 148 valence electrons. The SMILES string of the molecule is O=C(C1CCCN(c2nc3cc(Cl)ccc3o2)C1)N1[C@@H]2CC[C@H]1[C@H]1CNC[C@H]12. The van der Waals surface area contributed by atoms with Crippen LogP contribution in [0, 0.1) is 17.8 Å². The molecule has 5 heterocycles. The van der Waals surface area contributed by atoms with Crippen LogP contribution in [-0.4, -0.2) is 54.1 Å². The van der Waals surface area contributed by atoms with Gasteiger partial charge in [-0.3, -0.25) is 4.79 Å². The molecule has 1 unspecified atom stereocenters. The van der Waals surface area contributed by atoms with Crippen molar-refractivity contribution >= 4 is 34.6 Å². The number of anilines is 1. The quantitative estimate of drug-likeness (QED) is 0.839. The monoisotopic (exact) mass is 400 g/mol. The summed E-state index contributed by atoms with van der Waals surface area (Å²) < 4.78 is 5.95. The predicted molar refractivity (Wildman–Crippen MR) is 107 cm³/mol. The van der Waals surface area contributed by atoms with Crippen LogP contribution < -0.4 is 10.2 Å². The first-order chi connectivity index (χ1) is 13.7. The maximum atomic E-state index is 13.5. The molecule has 0 aliphatic carbocycles. The van der Waals surface area contributed by atoms with Crippen LogP contribution in [0.2, 0.25) is 5.02 Å². The molecule has 1 aromatic heterocycles. The van der Waals surface area contributed by atoms with E-state index < -0.39 is 0 Å². The molecule has 1 N–H and O–H groups in total. The first-order valence-corrected chi connectivity index (χ1v) is 10.9. The van der Waals surface area contributed by atoms with Crippen LogP contribution in [0.15, 0.2) is 22.6 Å². The third kappa shape index (κ3) is 2.50. The number of piperidine rings is 1. The van der Waals surface area contributed by atoms with Crippen LogP contribution in [0.25, 0.3) is 11.1 Å². The third-order valence-electron chi connectivity index (χ3n) is 7.41. The number of carbonyl (C=O) groups excluding carboxylic acids is 1. The molecule has 2 aromatic rings. The van der Waals surface area contributed by atoms with Gasteiger partial charge in [0.05, 0.1) is 5.92 Å². The van der Waals surface area contributed by atoms with Crippen LogP contribution in [0.1, 0.15) is 25.7 Å². The summed E-state index contributed by atoms with van der Waals surface area (Å²) in [7, 11) is 0. The van der Waals surface area contributed by atoms with Gasteiger partial charge in [-0.15, -0.1) is 0 Å². The van der Waals surface area contributed by atoms with Crippen molar-refractivity contribution in [2.24, 2.45) is 17.8 Å². The second kappa shape index (κ2) is 6.36. The Labute approximate surface area is 169 Å². The molecule has 4 saturated heterocycles. The Balaban J connectivity index is 1.22. The fourth-order valence-electron chi connectivity index (χ4n) is 6.18. The van der Waals surface area contributed by atoms with Crippen molar-refractivity contribution in [2.75, 3.05) is 31.1 Å². The van der Waals surface area contributed by atoms with Crippen molar-refractivity contribution in [1.82, 2.24) is 15.2 Å². The zero-order valence-corrected chi connectivity index (χ0v) is 16.6. The molecule has 28 heavy (non-hydrogen) atoms. The maximum Gasteiger partial charge on any atom is 0.298 e. The minimum absolute atomic E-state index is 0.0437. The van der Waals surface area contributed by atoms with Gasteiger partial charge in [-0.25, -0.2) is 0 Å². The van der Waals surface area contributed by atoms with E-state index in [2.05, 4.69) is 20.1 Å². The molecule has 6 rings (SSSR count).